The van der Waals surface area contributed by atoms with Crippen LogP contribution in [0.5, 0.6) is 0 Å². The second-order valence-electron chi connectivity index (χ2n) is 7.66. The van der Waals surface area contributed by atoms with E-state index in [0.29, 0.717) is 18.8 Å². The van der Waals surface area contributed by atoms with Crippen molar-refractivity contribution in [1.29, 1.82) is 0 Å². The van der Waals surface area contributed by atoms with Crippen molar-refractivity contribution in [3.63, 3.8) is 0 Å². The Kier molecular flexibility index (Phi) is 4.64. The number of carbonyl (C=O) groups is 2. The lowest BCUT2D eigenvalue weighted by molar-refractivity contribution is -0.123. The van der Waals surface area contributed by atoms with E-state index in [0.717, 1.165) is 24.1 Å². The van der Waals surface area contributed by atoms with Crippen LogP contribution in [0.1, 0.15) is 46.1 Å². The zero-order chi connectivity index (χ0) is 19.0. The molecule has 27 heavy (non-hydrogen) atoms. The summed E-state index contributed by atoms with van der Waals surface area (Å²) >= 11 is 0. The Hall–Kier alpha value is -2.76. The van der Waals surface area contributed by atoms with Crippen LogP contribution in [0.15, 0.2) is 36.7 Å². The molecule has 1 aliphatic carbocycles. The molecule has 0 unspecified atom stereocenters. The minimum Gasteiger partial charge on any atom is -0.351 e. The van der Waals surface area contributed by atoms with E-state index in [4.69, 9.17) is 0 Å². The third-order valence-electron chi connectivity index (χ3n) is 5.39. The van der Waals surface area contributed by atoms with Crippen LogP contribution in [0.2, 0.25) is 0 Å². The number of hydrogen-bond donors (Lipinski definition) is 1. The average molecular weight is 364 g/mol. The summed E-state index contributed by atoms with van der Waals surface area (Å²) < 4.78 is 0. The lowest BCUT2D eigenvalue weighted by Crippen LogP contribution is -2.41. The molecule has 2 aromatic rings. The van der Waals surface area contributed by atoms with E-state index >= 15 is 0 Å². The third kappa shape index (κ3) is 3.84. The van der Waals surface area contributed by atoms with Gasteiger partial charge in [0, 0.05) is 31.1 Å². The number of aryl methyl sites for hydroxylation is 2. The molecule has 1 aliphatic heterocycles. The van der Waals surface area contributed by atoms with Gasteiger partial charge < -0.3 is 10.2 Å². The predicted octanol–water partition coefficient (Wildman–Crippen LogP) is 2.23. The van der Waals surface area contributed by atoms with Crippen molar-refractivity contribution in [2.75, 3.05) is 13.1 Å². The highest BCUT2D eigenvalue weighted by Gasteiger charge is 2.40. The second-order valence-corrected chi connectivity index (χ2v) is 7.66. The number of nitrogens with one attached hydrogen (secondary N) is 1. The fourth-order valence-electron chi connectivity index (χ4n) is 3.58. The van der Waals surface area contributed by atoms with E-state index in [1.807, 2.05) is 6.92 Å². The summed E-state index contributed by atoms with van der Waals surface area (Å²) in [7, 11) is 0. The molecule has 2 atom stereocenters. The molecule has 6 nitrogen and oxygen atoms in total. The quantitative estimate of drug-likeness (QED) is 0.903. The van der Waals surface area contributed by atoms with Crippen LogP contribution in [-0.4, -0.2) is 45.8 Å². The molecule has 4 rings (SSSR count). The Labute approximate surface area is 159 Å². The Morgan fingerprint density at radius 2 is 1.78 bits per heavy atom. The van der Waals surface area contributed by atoms with E-state index in [2.05, 4.69) is 46.5 Å². The molecule has 1 saturated carbocycles. The zero-order valence-corrected chi connectivity index (χ0v) is 15.7. The van der Waals surface area contributed by atoms with Gasteiger partial charge in [0.05, 0.1) is 17.9 Å². The van der Waals surface area contributed by atoms with Crippen LogP contribution in [0, 0.1) is 19.8 Å². The first-order valence-electron chi connectivity index (χ1n) is 9.46. The van der Waals surface area contributed by atoms with Crippen molar-refractivity contribution in [1.82, 2.24) is 20.2 Å². The third-order valence-corrected chi connectivity index (χ3v) is 5.39. The molecule has 0 spiro atoms. The Bertz CT molecular complexity index is 843. The van der Waals surface area contributed by atoms with E-state index < -0.39 is 0 Å². The Morgan fingerprint density at radius 3 is 2.41 bits per heavy atom. The molecule has 2 fully saturated rings. The number of rotatable bonds is 4. The lowest BCUT2D eigenvalue weighted by atomic mass is 9.93. The van der Waals surface area contributed by atoms with Crippen LogP contribution in [0.25, 0.3) is 0 Å². The summed E-state index contributed by atoms with van der Waals surface area (Å²) in [5.74, 6) is 0.205. The molecule has 2 aliphatic rings. The average Bonchev–Trinajstić information content (AvgIpc) is 3.44. The number of aromatic nitrogens is 2. The van der Waals surface area contributed by atoms with E-state index in [-0.39, 0.29) is 29.7 Å². The van der Waals surface area contributed by atoms with Crippen molar-refractivity contribution >= 4 is 11.8 Å². The largest absolute Gasteiger partial charge is 0.351 e. The van der Waals surface area contributed by atoms with Gasteiger partial charge in [-0.1, -0.05) is 29.8 Å². The maximum absolute atomic E-state index is 12.9. The molecule has 2 amide bonds. The van der Waals surface area contributed by atoms with Crippen LogP contribution in [-0.2, 0) is 4.79 Å². The Balaban J connectivity index is 1.55. The topological polar surface area (TPSA) is 75.2 Å². The van der Waals surface area contributed by atoms with Gasteiger partial charge in [-0.3, -0.25) is 14.6 Å². The fourth-order valence-corrected chi connectivity index (χ4v) is 3.58. The summed E-state index contributed by atoms with van der Waals surface area (Å²) in [6.07, 6.45) is 5.06. The van der Waals surface area contributed by atoms with Crippen molar-refractivity contribution in [3.05, 3.63) is 59.2 Å². The summed E-state index contributed by atoms with van der Waals surface area (Å²) in [6.45, 7) is 4.95. The Morgan fingerprint density at radius 1 is 1.04 bits per heavy atom. The van der Waals surface area contributed by atoms with Gasteiger partial charge in [0.1, 0.15) is 5.69 Å². The smallest absolute Gasteiger partial charge is 0.274 e. The van der Waals surface area contributed by atoms with E-state index in [1.165, 1.54) is 11.8 Å². The van der Waals surface area contributed by atoms with Gasteiger partial charge in [0.25, 0.3) is 5.91 Å². The number of nitrogens with zero attached hydrogens (tertiary/aromatic N) is 3. The number of hydrogen-bond acceptors (Lipinski definition) is 4. The van der Waals surface area contributed by atoms with Gasteiger partial charge in [-0.05, 0) is 32.3 Å². The highest BCUT2D eigenvalue weighted by molar-refractivity contribution is 5.92. The molecular formula is C21H24N4O2. The molecule has 2 heterocycles. The molecular weight excluding hydrogens is 340 g/mol. The van der Waals surface area contributed by atoms with Crippen molar-refractivity contribution < 1.29 is 9.59 Å². The number of carbonyl (C=O) groups excluding carboxylic acids is 2. The summed E-state index contributed by atoms with van der Waals surface area (Å²) in [4.78, 5) is 35.4. The predicted molar refractivity (Wildman–Crippen MR) is 101 cm³/mol. The van der Waals surface area contributed by atoms with Crippen molar-refractivity contribution in [2.45, 2.75) is 38.6 Å². The van der Waals surface area contributed by atoms with Crippen LogP contribution in [0.3, 0.4) is 0 Å². The number of benzene rings is 1. The first-order valence-corrected chi connectivity index (χ1v) is 9.46. The van der Waals surface area contributed by atoms with Crippen LogP contribution < -0.4 is 5.32 Å². The minimum absolute atomic E-state index is 0.0793. The van der Waals surface area contributed by atoms with Crippen LogP contribution >= 0.6 is 0 Å². The molecule has 0 bridgehead atoms. The standard InChI is InChI=1S/C21H24N4O2/c1-13-3-5-15(6-4-13)17-11-25(12-19(17)24-20(26)16-7-8-16)21(27)18-10-22-14(2)9-23-18/h3-6,9-10,16-17,19H,7-8,11-12H2,1-2H3,(H,24,26)/t17-,19+/m0/s1. The second kappa shape index (κ2) is 7.10. The SMILES string of the molecule is Cc1ccc([C@@H]2CN(C(=O)c3cnc(C)cn3)C[C@H]2NC(=O)C2CC2)cc1. The summed E-state index contributed by atoms with van der Waals surface area (Å²) in [6, 6.07) is 8.25. The van der Waals surface area contributed by atoms with Gasteiger partial charge >= 0.3 is 0 Å². The van der Waals surface area contributed by atoms with Crippen molar-refractivity contribution in [2.24, 2.45) is 5.92 Å². The van der Waals surface area contributed by atoms with E-state index in [1.54, 1.807) is 11.1 Å². The minimum atomic E-state index is -0.136. The normalized spacial score (nSPS) is 21.9. The molecule has 1 aromatic heterocycles. The monoisotopic (exact) mass is 364 g/mol. The molecule has 140 valence electrons. The highest BCUT2D eigenvalue weighted by atomic mass is 16.2. The molecule has 1 saturated heterocycles. The van der Waals surface area contributed by atoms with Gasteiger partial charge in [-0.15, -0.1) is 0 Å². The highest BCUT2D eigenvalue weighted by Crippen LogP contribution is 2.32. The fraction of sp³-hybridized carbons (Fsp3) is 0.429. The van der Waals surface area contributed by atoms with Gasteiger partial charge in [0.2, 0.25) is 5.91 Å². The van der Waals surface area contributed by atoms with Crippen molar-refractivity contribution in [3.8, 4) is 0 Å². The molecule has 6 heteroatoms. The lowest BCUT2D eigenvalue weighted by Gasteiger charge is -2.20. The first kappa shape index (κ1) is 17.6. The van der Waals surface area contributed by atoms with Gasteiger partial charge in [0.15, 0.2) is 0 Å². The maximum atomic E-state index is 12.9. The molecule has 1 aromatic carbocycles. The number of amides is 2. The van der Waals surface area contributed by atoms with E-state index in [9.17, 15) is 9.59 Å². The summed E-state index contributed by atoms with van der Waals surface area (Å²) in [5.41, 5.74) is 3.46. The zero-order valence-electron chi connectivity index (χ0n) is 15.7. The molecule has 1 N–H and O–H groups in total. The van der Waals surface area contributed by atoms with Crippen LogP contribution in [0.4, 0.5) is 0 Å². The number of likely N-dealkylation sites (tertiary alicyclic amines) is 1. The summed E-state index contributed by atoms with van der Waals surface area (Å²) in [5, 5.41) is 3.18. The van der Waals surface area contributed by atoms with Gasteiger partial charge in [-0.25, -0.2) is 4.98 Å². The maximum Gasteiger partial charge on any atom is 0.274 e. The first-order chi connectivity index (χ1) is 13.0. The van der Waals surface area contributed by atoms with Gasteiger partial charge in [-0.2, -0.15) is 0 Å². The molecule has 0 radical (unpaired) electrons.